The molecule has 0 aliphatic carbocycles. The summed E-state index contributed by atoms with van der Waals surface area (Å²) in [6.07, 6.45) is 5.60. The second-order valence-electron chi connectivity index (χ2n) is 8.81. The minimum atomic E-state index is -0.355. The molecule has 0 saturated carbocycles. The smallest absolute Gasteiger partial charge is 0.249 e. The molecule has 2 aliphatic heterocycles. The standard InChI is InChI=1S/C28H29FN2O2S/c1-33-21-12-14-24-20(17-21)7-5-15-30(24)26-9-6-16-31(28(26)32)25-13-11-19(18-23(25)29)22-8-3-4-10-27(22)34-2/h3-4,8,10-14,17-18,26H,5-7,9,15-16H2,1-2H3. The van der Waals surface area contributed by atoms with Crippen molar-refractivity contribution in [1.82, 2.24) is 0 Å². The number of carbonyl (C=O) groups excluding carboxylic acids is 1. The highest BCUT2D eigenvalue weighted by Gasteiger charge is 2.36. The van der Waals surface area contributed by atoms with Gasteiger partial charge in [-0.2, -0.15) is 0 Å². The number of halogens is 1. The van der Waals surface area contributed by atoms with Gasteiger partial charge in [-0.05, 0) is 85.0 Å². The molecule has 0 N–H and O–H groups in total. The van der Waals surface area contributed by atoms with Crippen molar-refractivity contribution in [2.75, 3.05) is 36.3 Å². The average Bonchev–Trinajstić information content (AvgIpc) is 2.88. The maximum atomic E-state index is 15.4. The van der Waals surface area contributed by atoms with Crippen LogP contribution in [0.15, 0.2) is 65.6 Å². The second-order valence-corrected chi connectivity index (χ2v) is 9.65. The van der Waals surface area contributed by atoms with Crippen LogP contribution in [0.1, 0.15) is 24.8 Å². The Kier molecular flexibility index (Phi) is 6.50. The van der Waals surface area contributed by atoms with E-state index in [0.29, 0.717) is 12.2 Å². The Morgan fingerprint density at radius 1 is 1.00 bits per heavy atom. The van der Waals surface area contributed by atoms with E-state index in [9.17, 15) is 4.79 Å². The first-order valence-corrected chi connectivity index (χ1v) is 13.0. The molecule has 0 radical (unpaired) electrons. The molecule has 176 valence electrons. The molecule has 3 aromatic carbocycles. The summed E-state index contributed by atoms with van der Waals surface area (Å²) in [6.45, 7) is 1.37. The van der Waals surface area contributed by atoms with Crippen molar-refractivity contribution in [3.63, 3.8) is 0 Å². The summed E-state index contributed by atoms with van der Waals surface area (Å²) >= 11 is 1.64. The van der Waals surface area contributed by atoms with E-state index in [1.165, 1.54) is 5.56 Å². The highest BCUT2D eigenvalue weighted by molar-refractivity contribution is 7.98. The van der Waals surface area contributed by atoms with E-state index in [0.717, 1.165) is 59.7 Å². The van der Waals surface area contributed by atoms with Gasteiger partial charge in [0.2, 0.25) is 5.91 Å². The molecule has 1 fully saturated rings. The number of ether oxygens (including phenoxy) is 1. The van der Waals surface area contributed by atoms with Crippen LogP contribution >= 0.6 is 11.8 Å². The number of benzene rings is 3. The van der Waals surface area contributed by atoms with Gasteiger partial charge in [0.15, 0.2) is 0 Å². The Hall–Kier alpha value is -2.99. The average molecular weight is 477 g/mol. The molecule has 0 bridgehead atoms. The van der Waals surface area contributed by atoms with Gasteiger partial charge in [0.05, 0.1) is 12.8 Å². The first kappa shape index (κ1) is 22.8. The van der Waals surface area contributed by atoms with Gasteiger partial charge in [-0.15, -0.1) is 11.8 Å². The Bertz CT molecular complexity index is 1210. The number of thioether (sulfide) groups is 1. The highest BCUT2D eigenvalue weighted by atomic mass is 32.2. The van der Waals surface area contributed by atoms with E-state index in [2.05, 4.69) is 17.0 Å². The van der Waals surface area contributed by atoms with Crippen LogP contribution in [0.3, 0.4) is 0 Å². The van der Waals surface area contributed by atoms with Crippen molar-refractivity contribution in [3.05, 3.63) is 72.0 Å². The van der Waals surface area contributed by atoms with Gasteiger partial charge in [0.1, 0.15) is 17.6 Å². The summed E-state index contributed by atoms with van der Waals surface area (Å²) < 4.78 is 20.8. The number of carbonyl (C=O) groups is 1. The minimum absolute atomic E-state index is 0.0221. The number of aryl methyl sites for hydroxylation is 1. The van der Waals surface area contributed by atoms with Gasteiger partial charge in [0, 0.05) is 23.7 Å². The minimum Gasteiger partial charge on any atom is -0.497 e. The van der Waals surface area contributed by atoms with Crippen LogP contribution in [-0.2, 0) is 11.2 Å². The van der Waals surface area contributed by atoms with Crippen molar-refractivity contribution in [2.24, 2.45) is 0 Å². The second kappa shape index (κ2) is 9.71. The maximum absolute atomic E-state index is 15.4. The summed E-state index contributed by atoms with van der Waals surface area (Å²) in [4.78, 5) is 18.6. The topological polar surface area (TPSA) is 32.8 Å². The third-order valence-electron chi connectivity index (χ3n) is 6.88. The van der Waals surface area contributed by atoms with Crippen LogP contribution < -0.4 is 14.5 Å². The highest BCUT2D eigenvalue weighted by Crippen LogP contribution is 2.37. The zero-order valence-corrected chi connectivity index (χ0v) is 20.4. The van der Waals surface area contributed by atoms with Crippen molar-refractivity contribution in [3.8, 4) is 16.9 Å². The van der Waals surface area contributed by atoms with Gasteiger partial charge in [0.25, 0.3) is 0 Å². The molecule has 6 heteroatoms. The van der Waals surface area contributed by atoms with Crippen LogP contribution in [0.5, 0.6) is 5.75 Å². The monoisotopic (exact) mass is 476 g/mol. The number of hydrogen-bond acceptors (Lipinski definition) is 4. The van der Waals surface area contributed by atoms with E-state index in [4.69, 9.17) is 4.74 Å². The van der Waals surface area contributed by atoms with E-state index in [1.807, 2.05) is 42.7 Å². The maximum Gasteiger partial charge on any atom is 0.249 e. The lowest BCUT2D eigenvalue weighted by Gasteiger charge is -2.42. The first-order chi connectivity index (χ1) is 16.6. The van der Waals surface area contributed by atoms with Gasteiger partial charge in [-0.25, -0.2) is 4.39 Å². The number of fused-ring (bicyclic) bond motifs is 1. The predicted molar refractivity (Wildman–Crippen MR) is 138 cm³/mol. The first-order valence-electron chi connectivity index (χ1n) is 11.8. The zero-order chi connectivity index (χ0) is 23.7. The Balaban J connectivity index is 1.43. The predicted octanol–water partition coefficient (Wildman–Crippen LogP) is 6.17. The molecule has 34 heavy (non-hydrogen) atoms. The zero-order valence-electron chi connectivity index (χ0n) is 19.6. The number of rotatable bonds is 5. The molecule has 3 aromatic rings. The molecule has 1 atom stereocenters. The van der Waals surface area contributed by atoms with E-state index in [-0.39, 0.29) is 17.8 Å². The van der Waals surface area contributed by atoms with Gasteiger partial charge in [-0.1, -0.05) is 24.3 Å². The number of piperidine rings is 1. The lowest BCUT2D eigenvalue weighted by atomic mass is 9.95. The fourth-order valence-corrected chi connectivity index (χ4v) is 5.83. The summed E-state index contributed by atoms with van der Waals surface area (Å²) in [5.41, 5.74) is 4.50. The molecule has 2 aliphatic rings. The molecular formula is C28H29FN2O2S. The third-order valence-corrected chi connectivity index (χ3v) is 7.68. The lowest BCUT2D eigenvalue weighted by Crippen LogP contribution is -2.54. The number of amides is 1. The molecule has 2 heterocycles. The Morgan fingerprint density at radius 2 is 1.82 bits per heavy atom. The van der Waals surface area contributed by atoms with Crippen molar-refractivity contribution >= 4 is 29.0 Å². The SMILES string of the molecule is COc1ccc2c(c1)CCCN2C1CCCN(c2ccc(-c3ccccc3SC)cc2F)C1=O. The van der Waals surface area contributed by atoms with Crippen LogP contribution in [0.2, 0.25) is 0 Å². The largest absolute Gasteiger partial charge is 0.497 e. The van der Waals surface area contributed by atoms with E-state index in [1.54, 1.807) is 35.9 Å². The van der Waals surface area contributed by atoms with E-state index >= 15 is 4.39 Å². The quantitative estimate of drug-likeness (QED) is 0.412. The molecule has 1 unspecified atom stereocenters. The normalized spacial score (nSPS) is 18.1. The van der Waals surface area contributed by atoms with E-state index < -0.39 is 0 Å². The van der Waals surface area contributed by atoms with Crippen LogP contribution in [-0.4, -0.2) is 38.4 Å². The van der Waals surface area contributed by atoms with Crippen LogP contribution in [0, 0.1) is 5.82 Å². The summed E-state index contributed by atoms with van der Waals surface area (Å²) in [6, 6.07) is 19.0. The molecule has 0 spiro atoms. The lowest BCUT2D eigenvalue weighted by molar-refractivity contribution is -0.121. The number of methoxy groups -OCH3 is 1. The van der Waals surface area contributed by atoms with Crippen molar-refractivity contribution in [2.45, 2.75) is 36.6 Å². The fourth-order valence-electron chi connectivity index (χ4n) is 5.21. The fraction of sp³-hybridized carbons (Fsp3) is 0.321. The van der Waals surface area contributed by atoms with Crippen LogP contribution in [0.4, 0.5) is 15.8 Å². The van der Waals surface area contributed by atoms with Gasteiger partial charge in [-0.3, -0.25) is 4.79 Å². The number of anilines is 2. The van der Waals surface area contributed by atoms with Gasteiger partial charge >= 0.3 is 0 Å². The Morgan fingerprint density at radius 3 is 2.62 bits per heavy atom. The molecule has 5 rings (SSSR count). The van der Waals surface area contributed by atoms with Crippen LogP contribution in [0.25, 0.3) is 11.1 Å². The van der Waals surface area contributed by atoms with Crippen molar-refractivity contribution in [1.29, 1.82) is 0 Å². The van der Waals surface area contributed by atoms with Crippen molar-refractivity contribution < 1.29 is 13.9 Å². The summed E-state index contributed by atoms with van der Waals surface area (Å²) in [7, 11) is 1.67. The molecule has 1 saturated heterocycles. The molecule has 4 nitrogen and oxygen atoms in total. The molecule has 1 amide bonds. The summed E-state index contributed by atoms with van der Waals surface area (Å²) in [5.74, 6) is 0.458. The molecular weight excluding hydrogens is 447 g/mol. The molecule has 0 aromatic heterocycles. The summed E-state index contributed by atoms with van der Waals surface area (Å²) in [5, 5.41) is 0. The van der Waals surface area contributed by atoms with Gasteiger partial charge < -0.3 is 14.5 Å². The number of nitrogens with zero attached hydrogens (tertiary/aromatic N) is 2. The Labute approximate surface area is 204 Å². The third kappa shape index (κ3) is 4.16. The number of hydrogen-bond donors (Lipinski definition) is 0.